The number of aryl methyl sites for hydroxylation is 1. The number of hydrogen-bond acceptors (Lipinski definition) is 2. The van der Waals surface area contributed by atoms with Crippen LogP contribution >= 0.6 is 0 Å². The third-order valence-corrected chi connectivity index (χ3v) is 2.99. The summed E-state index contributed by atoms with van der Waals surface area (Å²) in [5, 5.41) is 10.4. The highest BCUT2D eigenvalue weighted by atomic mass is 16.3. The lowest BCUT2D eigenvalue weighted by molar-refractivity contribution is -0.139. The van der Waals surface area contributed by atoms with Crippen molar-refractivity contribution in [1.29, 1.82) is 0 Å². The normalized spacial score (nSPS) is 24.7. The van der Waals surface area contributed by atoms with Crippen molar-refractivity contribution in [2.75, 3.05) is 0 Å². The average Bonchev–Trinajstić information content (AvgIpc) is 2.25. The van der Waals surface area contributed by atoms with Crippen molar-refractivity contribution in [2.45, 2.75) is 24.9 Å². The van der Waals surface area contributed by atoms with Gasteiger partial charge in [0.15, 0.2) is 11.4 Å². The monoisotopic (exact) mass is 202 g/mol. The highest BCUT2D eigenvalue weighted by molar-refractivity contribution is 5.90. The smallest absolute Gasteiger partial charge is 0.169 e. The molecule has 0 amide bonds. The Morgan fingerprint density at radius 3 is 2.87 bits per heavy atom. The van der Waals surface area contributed by atoms with E-state index in [4.69, 9.17) is 0 Å². The van der Waals surface area contributed by atoms with Crippen molar-refractivity contribution < 1.29 is 9.90 Å². The molecule has 0 bridgehead atoms. The van der Waals surface area contributed by atoms with E-state index >= 15 is 0 Å². The van der Waals surface area contributed by atoms with Gasteiger partial charge in [0.2, 0.25) is 0 Å². The van der Waals surface area contributed by atoms with E-state index in [0.717, 1.165) is 17.5 Å². The SMILES string of the molecule is C=CC[C@@]1(O)C(=O)CCc2ccccc21. The molecule has 78 valence electrons. The Labute approximate surface area is 89.2 Å². The van der Waals surface area contributed by atoms with Gasteiger partial charge in [0.05, 0.1) is 0 Å². The quantitative estimate of drug-likeness (QED) is 0.744. The fourth-order valence-corrected chi connectivity index (χ4v) is 2.18. The molecule has 0 heterocycles. The van der Waals surface area contributed by atoms with Gasteiger partial charge in [-0.3, -0.25) is 4.79 Å². The summed E-state index contributed by atoms with van der Waals surface area (Å²) >= 11 is 0. The molecule has 0 unspecified atom stereocenters. The number of Topliss-reactive ketones (excluding diaryl/α,β-unsaturated/α-hetero) is 1. The molecule has 0 aliphatic heterocycles. The second-order valence-electron chi connectivity index (χ2n) is 3.93. The summed E-state index contributed by atoms with van der Waals surface area (Å²) in [6, 6.07) is 7.58. The predicted molar refractivity (Wildman–Crippen MR) is 58.5 cm³/mol. The minimum Gasteiger partial charge on any atom is -0.377 e. The number of fused-ring (bicyclic) bond motifs is 1. The van der Waals surface area contributed by atoms with Crippen molar-refractivity contribution in [3.8, 4) is 0 Å². The van der Waals surface area contributed by atoms with E-state index in [1.54, 1.807) is 6.08 Å². The summed E-state index contributed by atoms with van der Waals surface area (Å²) in [7, 11) is 0. The summed E-state index contributed by atoms with van der Waals surface area (Å²) < 4.78 is 0. The van der Waals surface area contributed by atoms with E-state index in [1.165, 1.54) is 0 Å². The lowest BCUT2D eigenvalue weighted by Gasteiger charge is -2.32. The van der Waals surface area contributed by atoms with Crippen molar-refractivity contribution in [2.24, 2.45) is 0 Å². The molecule has 0 aromatic heterocycles. The molecule has 1 aromatic carbocycles. The first-order valence-corrected chi connectivity index (χ1v) is 5.13. The van der Waals surface area contributed by atoms with E-state index in [9.17, 15) is 9.90 Å². The zero-order chi connectivity index (χ0) is 10.9. The van der Waals surface area contributed by atoms with Crippen molar-refractivity contribution in [1.82, 2.24) is 0 Å². The third-order valence-electron chi connectivity index (χ3n) is 2.99. The number of carbonyl (C=O) groups excluding carboxylic acids is 1. The first kappa shape index (κ1) is 10.1. The molecular formula is C13H14O2. The van der Waals surface area contributed by atoms with Crippen LogP contribution in [-0.4, -0.2) is 10.9 Å². The number of ketones is 1. The fourth-order valence-electron chi connectivity index (χ4n) is 2.18. The summed E-state index contributed by atoms with van der Waals surface area (Å²) in [4.78, 5) is 11.8. The highest BCUT2D eigenvalue weighted by Crippen LogP contribution is 2.35. The van der Waals surface area contributed by atoms with E-state index < -0.39 is 5.60 Å². The molecule has 1 aliphatic rings. The maximum atomic E-state index is 11.8. The standard InChI is InChI=1S/C13H14O2/c1-2-9-13(15)11-6-4-3-5-10(11)7-8-12(13)14/h2-6,15H,1,7-9H2/t13-/m0/s1. The van der Waals surface area contributed by atoms with Gasteiger partial charge in [0, 0.05) is 12.8 Å². The highest BCUT2D eigenvalue weighted by Gasteiger charge is 2.40. The van der Waals surface area contributed by atoms with Gasteiger partial charge in [-0.2, -0.15) is 0 Å². The lowest BCUT2D eigenvalue weighted by atomic mass is 9.76. The van der Waals surface area contributed by atoms with Crippen LogP contribution in [-0.2, 0) is 16.8 Å². The maximum absolute atomic E-state index is 11.8. The number of rotatable bonds is 2. The Kier molecular flexibility index (Phi) is 2.45. The van der Waals surface area contributed by atoms with Gasteiger partial charge in [-0.05, 0) is 17.5 Å². The second kappa shape index (κ2) is 3.63. The molecule has 0 spiro atoms. The molecule has 15 heavy (non-hydrogen) atoms. The van der Waals surface area contributed by atoms with Crippen molar-refractivity contribution in [3.63, 3.8) is 0 Å². The zero-order valence-electron chi connectivity index (χ0n) is 8.57. The third kappa shape index (κ3) is 1.51. The molecule has 1 atom stereocenters. The Bertz CT molecular complexity index is 409. The molecule has 1 N–H and O–H groups in total. The van der Waals surface area contributed by atoms with Crippen LogP contribution in [0.3, 0.4) is 0 Å². The minimum atomic E-state index is -1.34. The summed E-state index contributed by atoms with van der Waals surface area (Å²) in [5.74, 6) is -0.0962. The molecule has 1 aromatic rings. The molecule has 2 rings (SSSR count). The van der Waals surface area contributed by atoms with Crippen LogP contribution in [0.25, 0.3) is 0 Å². The largest absolute Gasteiger partial charge is 0.377 e. The van der Waals surface area contributed by atoms with Gasteiger partial charge in [-0.25, -0.2) is 0 Å². The molecule has 0 fully saturated rings. The van der Waals surface area contributed by atoms with Crippen LogP contribution in [0.5, 0.6) is 0 Å². The Morgan fingerprint density at radius 1 is 1.40 bits per heavy atom. The number of hydrogen-bond donors (Lipinski definition) is 1. The van der Waals surface area contributed by atoms with Gasteiger partial charge in [0.25, 0.3) is 0 Å². The first-order chi connectivity index (χ1) is 7.18. The number of aliphatic hydroxyl groups is 1. The fraction of sp³-hybridized carbons (Fsp3) is 0.308. The van der Waals surface area contributed by atoms with Gasteiger partial charge >= 0.3 is 0 Å². The van der Waals surface area contributed by atoms with Crippen LogP contribution in [0.15, 0.2) is 36.9 Å². The Morgan fingerprint density at radius 2 is 2.13 bits per heavy atom. The summed E-state index contributed by atoms with van der Waals surface area (Å²) in [5.41, 5.74) is 0.485. The molecular weight excluding hydrogens is 188 g/mol. The Balaban J connectivity index is 2.54. The molecule has 2 nitrogen and oxygen atoms in total. The first-order valence-electron chi connectivity index (χ1n) is 5.13. The predicted octanol–water partition coefficient (Wildman–Crippen LogP) is 1.97. The summed E-state index contributed by atoms with van der Waals surface area (Å²) in [6.07, 6.45) is 3.04. The number of carbonyl (C=O) groups is 1. The zero-order valence-corrected chi connectivity index (χ0v) is 8.57. The van der Waals surface area contributed by atoms with Crippen LogP contribution < -0.4 is 0 Å². The van der Waals surface area contributed by atoms with Gasteiger partial charge in [0.1, 0.15) is 0 Å². The Hall–Kier alpha value is -1.41. The molecule has 1 aliphatic carbocycles. The average molecular weight is 202 g/mol. The van der Waals surface area contributed by atoms with Crippen LogP contribution in [0.1, 0.15) is 24.0 Å². The van der Waals surface area contributed by atoms with Gasteiger partial charge in [-0.15, -0.1) is 6.58 Å². The van der Waals surface area contributed by atoms with Crippen LogP contribution in [0.4, 0.5) is 0 Å². The van der Waals surface area contributed by atoms with E-state index in [-0.39, 0.29) is 5.78 Å². The van der Waals surface area contributed by atoms with E-state index in [2.05, 4.69) is 6.58 Å². The second-order valence-corrected chi connectivity index (χ2v) is 3.93. The van der Waals surface area contributed by atoms with Crippen molar-refractivity contribution >= 4 is 5.78 Å². The lowest BCUT2D eigenvalue weighted by Crippen LogP contribution is -2.39. The van der Waals surface area contributed by atoms with E-state index in [0.29, 0.717) is 12.8 Å². The molecule has 0 saturated heterocycles. The molecule has 0 saturated carbocycles. The van der Waals surface area contributed by atoms with E-state index in [1.807, 2.05) is 24.3 Å². The molecule has 0 radical (unpaired) electrons. The summed E-state index contributed by atoms with van der Waals surface area (Å²) in [6.45, 7) is 3.60. The number of benzene rings is 1. The van der Waals surface area contributed by atoms with Gasteiger partial charge < -0.3 is 5.11 Å². The van der Waals surface area contributed by atoms with Crippen LogP contribution in [0.2, 0.25) is 0 Å². The topological polar surface area (TPSA) is 37.3 Å². The van der Waals surface area contributed by atoms with Crippen molar-refractivity contribution in [3.05, 3.63) is 48.0 Å². The maximum Gasteiger partial charge on any atom is 0.169 e. The minimum absolute atomic E-state index is 0.0962. The van der Waals surface area contributed by atoms with Gasteiger partial charge in [-0.1, -0.05) is 30.3 Å². The van der Waals surface area contributed by atoms with Crippen LogP contribution in [0, 0.1) is 0 Å². The molecule has 2 heteroatoms.